The van der Waals surface area contributed by atoms with Crippen LogP contribution >= 0.6 is 0 Å². The molecule has 0 unspecified atom stereocenters. The van der Waals surface area contributed by atoms with Crippen molar-refractivity contribution >= 4 is 5.91 Å². The van der Waals surface area contributed by atoms with Gasteiger partial charge >= 0.3 is 0 Å². The average Bonchev–Trinajstić information content (AvgIpc) is 2.09. The molecule has 0 atom stereocenters. The molecule has 0 saturated heterocycles. The van der Waals surface area contributed by atoms with Gasteiger partial charge in [0.15, 0.2) is 5.57 Å². The van der Waals surface area contributed by atoms with E-state index in [1.54, 1.807) is 7.05 Å². The van der Waals surface area contributed by atoms with Crippen molar-refractivity contribution in [3.8, 4) is 6.07 Å². The number of amides is 1. The maximum Gasteiger partial charge on any atom is 0.267 e. The molecule has 0 N–H and O–H groups in total. The minimum Gasteiger partial charge on any atom is -0.499 e. The molecule has 0 aromatic heterocycles. The first-order valence-electron chi connectivity index (χ1n) is 3.63. The van der Waals surface area contributed by atoms with E-state index < -0.39 is 0 Å². The third-order valence-corrected chi connectivity index (χ3v) is 1.87. The number of carbonyl (C=O) groups is 1. The molecule has 1 rings (SSSR count). The zero-order valence-corrected chi connectivity index (χ0v) is 7.13. The topological polar surface area (TPSA) is 53.3 Å². The number of nitriles is 1. The van der Waals surface area contributed by atoms with Crippen LogP contribution in [0.2, 0.25) is 0 Å². The van der Waals surface area contributed by atoms with Gasteiger partial charge in [-0.25, -0.2) is 0 Å². The summed E-state index contributed by atoms with van der Waals surface area (Å²) in [5.41, 5.74) is 0.131. The van der Waals surface area contributed by atoms with Gasteiger partial charge in [0.05, 0.1) is 7.11 Å². The molecule has 4 heteroatoms. The second-order valence-electron chi connectivity index (χ2n) is 2.59. The van der Waals surface area contributed by atoms with Gasteiger partial charge in [0, 0.05) is 20.0 Å². The molecule has 12 heavy (non-hydrogen) atoms. The van der Waals surface area contributed by atoms with Crippen molar-refractivity contribution in [2.24, 2.45) is 0 Å². The van der Waals surface area contributed by atoms with E-state index in [2.05, 4.69) is 0 Å². The molecule has 0 saturated carbocycles. The van der Waals surface area contributed by atoms with Crippen molar-refractivity contribution < 1.29 is 9.53 Å². The Kier molecular flexibility index (Phi) is 2.34. The summed E-state index contributed by atoms with van der Waals surface area (Å²) >= 11 is 0. The van der Waals surface area contributed by atoms with E-state index in [0.717, 1.165) is 0 Å². The number of likely N-dealkylation sites (N-methyl/N-ethyl adjacent to an activating group) is 1. The fraction of sp³-hybridized carbons (Fsp3) is 0.500. The third-order valence-electron chi connectivity index (χ3n) is 1.87. The van der Waals surface area contributed by atoms with Crippen LogP contribution < -0.4 is 0 Å². The fourth-order valence-corrected chi connectivity index (χ4v) is 1.12. The molecule has 0 bridgehead atoms. The number of hydrogen-bond donors (Lipinski definition) is 0. The smallest absolute Gasteiger partial charge is 0.267 e. The number of hydrogen-bond acceptors (Lipinski definition) is 3. The molecule has 1 amide bonds. The summed E-state index contributed by atoms with van der Waals surface area (Å²) in [6, 6.07) is 1.85. The SMILES string of the molecule is COC1=C(C#N)C(=O)N(C)CC1. The van der Waals surface area contributed by atoms with Crippen LogP contribution in [-0.2, 0) is 9.53 Å². The Bertz CT molecular complexity index is 275. The molecule has 1 aliphatic rings. The standard InChI is InChI=1S/C8H10N2O2/c1-10-4-3-7(12-2)6(5-9)8(10)11/h3-4H2,1-2H3. The van der Waals surface area contributed by atoms with E-state index in [4.69, 9.17) is 10.00 Å². The lowest BCUT2D eigenvalue weighted by molar-refractivity contribution is -0.126. The minimum atomic E-state index is -0.249. The van der Waals surface area contributed by atoms with Crippen LogP contribution in [0.1, 0.15) is 6.42 Å². The Morgan fingerprint density at radius 3 is 2.83 bits per heavy atom. The van der Waals surface area contributed by atoms with Gasteiger partial charge in [0.1, 0.15) is 11.8 Å². The summed E-state index contributed by atoms with van der Waals surface area (Å²) in [5, 5.41) is 8.65. The Hall–Kier alpha value is -1.50. The molecule has 1 heterocycles. The normalized spacial score (nSPS) is 17.8. The summed E-state index contributed by atoms with van der Waals surface area (Å²) in [4.78, 5) is 12.8. The van der Waals surface area contributed by atoms with Crippen LogP contribution in [0.15, 0.2) is 11.3 Å². The lowest BCUT2D eigenvalue weighted by atomic mass is 10.1. The summed E-state index contributed by atoms with van der Waals surface area (Å²) in [6.07, 6.45) is 0.627. The van der Waals surface area contributed by atoms with Gasteiger partial charge in [0.2, 0.25) is 0 Å². The van der Waals surface area contributed by atoms with E-state index in [9.17, 15) is 4.79 Å². The average molecular weight is 166 g/mol. The van der Waals surface area contributed by atoms with Gasteiger partial charge in [-0.3, -0.25) is 4.79 Å². The first kappa shape index (κ1) is 8.60. The van der Waals surface area contributed by atoms with Gasteiger partial charge in [-0.15, -0.1) is 0 Å². The van der Waals surface area contributed by atoms with Gasteiger partial charge < -0.3 is 9.64 Å². The van der Waals surface area contributed by atoms with Crippen molar-refractivity contribution in [1.29, 1.82) is 5.26 Å². The maximum absolute atomic E-state index is 11.3. The first-order chi connectivity index (χ1) is 5.70. The molecule has 0 aromatic rings. The molecule has 4 nitrogen and oxygen atoms in total. The predicted octanol–water partition coefficient (Wildman–Crippen LogP) is 0.273. The van der Waals surface area contributed by atoms with E-state index in [1.807, 2.05) is 6.07 Å². The van der Waals surface area contributed by atoms with Crippen LogP contribution in [0.5, 0.6) is 0 Å². The quantitative estimate of drug-likeness (QED) is 0.562. The number of carbonyl (C=O) groups excluding carboxylic acids is 1. The van der Waals surface area contributed by atoms with Gasteiger partial charge in [-0.05, 0) is 0 Å². The van der Waals surface area contributed by atoms with E-state index in [-0.39, 0.29) is 11.5 Å². The van der Waals surface area contributed by atoms with Crippen LogP contribution in [0.3, 0.4) is 0 Å². The Morgan fingerprint density at radius 1 is 1.67 bits per heavy atom. The summed E-state index contributed by atoms with van der Waals surface area (Å²) < 4.78 is 4.92. The van der Waals surface area contributed by atoms with Crippen molar-refractivity contribution in [1.82, 2.24) is 4.90 Å². The van der Waals surface area contributed by atoms with E-state index >= 15 is 0 Å². The Labute approximate surface area is 71.0 Å². The van der Waals surface area contributed by atoms with Crippen molar-refractivity contribution in [2.75, 3.05) is 20.7 Å². The maximum atomic E-state index is 11.3. The zero-order valence-electron chi connectivity index (χ0n) is 7.13. The molecule has 0 aliphatic carbocycles. The third kappa shape index (κ3) is 1.26. The van der Waals surface area contributed by atoms with Crippen LogP contribution in [0.4, 0.5) is 0 Å². The van der Waals surface area contributed by atoms with Crippen LogP contribution in [0.25, 0.3) is 0 Å². The number of methoxy groups -OCH3 is 1. The summed E-state index contributed by atoms with van der Waals surface area (Å²) in [7, 11) is 3.15. The zero-order chi connectivity index (χ0) is 9.14. The molecule has 1 aliphatic heterocycles. The highest BCUT2D eigenvalue weighted by molar-refractivity contribution is 5.98. The van der Waals surface area contributed by atoms with Gasteiger partial charge in [0.25, 0.3) is 5.91 Å². The lowest BCUT2D eigenvalue weighted by Gasteiger charge is -2.23. The fourth-order valence-electron chi connectivity index (χ4n) is 1.12. The van der Waals surface area contributed by atoms with Crippen LogP contribution in [-0.4, -0.2) is 31.5 Å². The Morgan fingerprint density at radius 2 is 2.33 bits per heavy atom. The number of nitrogens with zero attached hydrogens (tertiary/aromatic N) is 2. The monoisotopic (exact) mass is 166 g/mol. The molecule has 0 radical (unpaired) electrons. The summed E-state index contributed by atoms with van der Waals surface area (Å²) in [6.45, 7) is 0.618. The number of rotatable bonds is 1. The van der Waals surface area contributed by atoms with Crippen LogP contribution in [0, 0.1) is 11.3 Å². The predicted molar refractivity (Wildman–Crippen MR) is 41.9 cm³/mol. The largest absolute Gasteiger partial charge is 0.499 e. The van der Waals surface area contributed by atoms with Crippen molar-refractivity contribution in [2.45, 2.75) is 6.42 Å². The molecule has 0 fully saturated rings. The molecule has 0 spiro atoms. The molecular formula is C8H10N2O2. The summed E-state index contributed by atoms with van der Waals surface area (Å²) in [5.74, 6) is 0.251. The highest BCUT2D eigenvalue weighted by Crippen LogP contribution is 2.17. The molecule has 64 valence electrons. The lowest BCUT2D eigenvalue weighted by Crippen LogP contribution is -2.33. The van der Waals surface area contributed by atoms with Gasteiger partial charge in [-0.2, -0.15) is 5.26 Å². The highest BCUT2D eigenvalue weighted by atomic mass is 16.5. The van der Waals surface area contributed by atoms with E-state index in [0.29, 0.717) is 18.7 Å². The van der Waals surface area contributed by atoms with Gasteiger partial charge in [-0.1, -0.05) is 0 Å². The minimum absolute atomic E-state index is 0.131. The van der Waals surface area contributed by atoms with Crippen molar-refractivity contribution in [3.05, 3.63) is 11.3 Å². The van der Waals surface area contributed by atoms with E-state index in [1.165, 1.54) is 12.0 Å². The second kappa shape index (κ2) is 3.26. The Balaban J connectivity index is 3.02. The second-order valence-corrected chi connectivity index (χ2v) is 2.59. The highest BCUT2D eigenvalue weighted by Gasteiger charge is 2.24. The first-order valence-corrected chi connectivity index (χ1v) is 3.63. The molecule has 0 aromatic carbocycles. The number of ether oxygens (including phenoxy) is 1. The molecular weight excluding hydrogens is 156 g/mol. The van der Waals surface area contributed by atoms with Crippen molar-refractivity contribution in [3.63, 3.8) is 0 Å².